The summed E-state index contributed by atoms with van der Waals surface area (Å²) in [5.41, 5.74) is 2.22. The Bertz CT molecular complexity index is 632. The van der Waals surface area contributed by atoms with Crippen LogP contribution in [-0.2, 0) is 0 Å². The van der Waals surface area contributed by atoms with Crippen molar-refractivity contribution in [2.45, 2.75) is 45.7 Å². The van der Waals surface area contributed by atoms with Gasteiger partial charge >= 0.3 is 0 Å². The van der Waals surface area contributed by atoms with Gasteiger partial charge in [-0.3, -0.25) is 0 Å². The zero-order valence-corrected chi connectivity index (χ0v) is 13.4. The maximum absolute atomic E-state index is 5.33. The molecule has 2 atom stereocenters. The number of methoxy groups -OCH3 is 1. The Morgan fingerprint density at radius 2 is 2.19 bits per heavy atom. The van der Waals surface area contributed by atoms with E-state index < -0.39 is 0 Å². The van der Waals surface area contributed by atoms with E-state index in [1.54, 1.807) is 7.11 Å². The lowest BCUT2D eigenvalue weighted by Gasteiger charge is -2.30. The monoisotopic (exact) mass is 287 g/mol. The molecule has 1 fully saturated rings. The van der Waals surface area contributed by atoms with Crippen LogP contribution in [0.1, 0.15) is 51.5 Å². The third kappa shape index (κ3) is 2.53. The molecule has 0 saturated carbocycles. The van der Waals surface area contributed by atoms with E-state index in [1.807, 2.05) is 12.1 Å². The van der Waals surface area contributed by atoms with Gasteiger partial charge in [0.25, 0.3) is 0 Å². The van der Waals surface area contributed by atoms with Gasteiger partial charge in [-0.2, -0.15) is 0 Å². The van der Waals surface area contributed by atoms with Crippen LogP contribution in [0.2, 0.25) is 0 Å². The predicted octanol–water partition coefficient (Wildman–Crippen LogP) is 3.69. The van der Waals surface area contributed by atoms with Crippen molar-refractivity contribution >= 4 is 11.0 Å². The highest BCUT2D eigenvalue weighted by Gasteiger charge is 2.28. The van der Waals surface area contributed by atoms with Gasteiger partial charge in [0.05, 0.1) is 24.2 Å². The fraction of sp³-hybridized carbons (Fsp3) is 0.588. The van der Waals surface area contributed by atoms with E-state index in [4.69, 9.17) is 9.72 Å². The first-order valence-corrected chi connectivity index (χ1v) is 7.91. The molecule has 2 heterocycles. The van der Waals surface area contributed by atoms with Crippen LogP contribution in [0.3, 0.4) is 0 Å². The molecule has 3 rings (SSSR count). The molecule has 1 saturated heterocycles. The van der Waals surface area contributed by atoms with Crippen molar-refractivity contribution in [1.29, 1.82) is 0 Å². The van der Waals surface area contributed by atoms with Crippen LogP contribution in [0.25, 0.3) is 11.0 Å². The predicted molar refractivity (Wildman–Crippen MR) is 85.8 cm³/mol. The quantitative estimate of drug-likeness (QED) is 0.936. The summed E-state index contributed by atoms with van der Waals surface area (Å²) in [4.78, 5) is 4.94. The zero-order valence-electron chi connectivity index (χ0n) is 13.4. The van der Waals surface area contributed by atoms with E-state index in [0.29, 0.717) is 18.0 Å². The van der Waals surface area contributed by atoms with Crippen LogP contribution in [0.4, 0.5) is 0 Å². The Hall–Kier alpha value is -1.55. The Labute approximate surface area is 126 Å². The molecule has 4 heteroatoms. The number of imidazole rings is 1. The van der Waals surface area contributed by atoms with E-state index >= 15 is 0 Å². The molecule has 1 aliphatic rings. The van der Waals surface area contributed by atoms with Crippen LogP contribution >= 0.6 is 0 Å². The van der Waals surface area contributed by atoms with Crippen LogP contribution in [-0.4, -0.2) is 23.2 Å². The number of piperidine rings is 1. The second-order valence-electron chi connectivity index (χ2n) is 6.34. The van der Waals surface area contributed by atoms with Crippen molar-refractivity contribution in [3.8, 4) is 5.75 Å². The molecule has 0 aliphatic carbocycles. The SMILES string of the molecule is COc1ccc2c(c1)nc(C1NCCCC1C)n2C(C)C. The summed E-state index contributed by atoms with van der Waals surface area (Å²) in [7, 11) is 1.70. The molecule has 0 radical (unpaired) electrons. The van der Waals surface area contributed by atoms with E-state index in [-0.39, 0.29) is 0 Å². The topological polar surface area (TPSA) is 39.1 Å². The van der Waals surface area contributed by atoms with Gasteiger partial charge in [0.2, 0.25) is 0 Å². The lowest BCUT2D eigenvalue weighted by Crippen LogP contribution is -2.35. The highest BCUT2D eigenvalue weighted by molar-refractivity contribution is 5.78. The number of nitrogens with one attached hydrogen (secondary N) is 1. The van der Waals surface area contributed by atoms with Crippen molar-refractivity contribution in [3.63, 3.8) is 0 Å². The number of fused-ring (bicyclic) bond motifs is 1. The van der Waals surface area contributed by atoms with Gasteiger partial charge in [-0.25, -0.2) is 4.98 Å². The third-order valence-corrected chi connectivity index (χ3v) is 4.49. The second-order valence-corrected chi connectivity index (χ2v) is 6.34. The molecule has 0 amide bonds. The Balaban J connectivity index is 2.14. The van der Waals surface area contributed by atoms with Crippen LogP contribution in [0.5, 0.6) is 5.75 Å². The minimum atomic E-state index is 0.347. The first kappa shape index (κ1) is 14.4. The summed E-state index contributed by atoms with van der Waals surface area (Å²) < 4.78 is 7.70. The fourth-order valence-corrected chi connectivity index (χ4v) is 3.38. The van der Waals surface area contributed by atoms with Gasteiger partial charge in [-0.05, 0) is 51.3 Å². The number of hydrogen-bond donors (Lipinski definition) is 1. The molecule has 114 valence electrons. The maximum atomic E-state index is 5.33. The molecule has 1 N–H and O–H groups in total. The smallest absolute Gasteiger partial charge is 0.127 e. The lowest BCUT2D eigenvalue weighted by atomic mass is 9.92. The molecule has 21 heavy (non-hydrogen) atoms. The molecule has 1 aromatic carbocycles. The van der Waals surface area contributed by atoms with Gasteiger partial charge in [0.15, 0.2) is 0 Å². The molecular formula is C17H25N3O. The van der Waals surface area contributed by atoms with Crippen molar-refractivity contribution in [2.24, 2.45) is 5.92 Å². The van der Waals surface area contributed by atoms with Gasteiger partial charge < -0.3 is 14.6 Å². The Morgan fingerprint density at radius 1 is 1.38 bits per heavy atom. The summed E-state index contributed by atoms with van der Waals surface area (Å²) in [6.07, 6.45) is 2.52. The van der Waals surface area contributed by atoms with E-state index in [1.165, 1.54) is 24.2 Å². The number of ether oxygens (including phenoxy) is 1. The summed E-state index contributed by atoms with van der Waals surface area (Å²) in [5.74, 6) is 2.66. The highest BCUT2D eigenvalue weighted by atomic mass is 16.5. The van der Waals surface area contributed by atoms with Gasteiger partial charge in [-0.1, -0.05) is 6.92 Å². The molecule has 0 bridgehead atoms. The molecule has 2 unspecified atom stereocenters. The number of nitrogens with zero attached hydrogens (tertiary/aromatic N) is 2. The Kier molecular flexibility index (Phi) is 3.89. The van der Waals surface area contributed by atoms with Crippen molar-refractivity contribution in [2.75, 3.05) is 13.7 Å². The van der Waals surface area contributed by atoms with E-state index in [0.717, 1.165) is 17.8 Å². The maximum Gasteiger partial charge on any atom is 0.127 e. The third-order valence-electron chi connectivity index (χ3n) is 4.49. The molecule has 1 aromatic heterocycles. The molecule has 0 spiro atoms. The molecule has 1 aliphatic heterocycles. The average Bonchev–Trinajstić information content (AvgIpc) is 2.85. The number of benzene rings is 1. The molecular weight excluding hydrogens is 262 g/mol. The molecule has 4 nitrogen and oxygen atoms in total. The summed E-state index contributed by atoms with van der Waals surface area (Å²) in [6, 6.07) is 6.92. The summed E-state index contributed by atoms with van der Waals surface area (Å²) in [6.45, 7) is 7.85. The first-order valence-electron chi connectivity index (χ1n) is 7.91. The second kappa shape index (κ2) is 5.68. The summed E-state index contributed by atoms with van der Waals surface area (Å²) in [5, 5.41) is 3.66. The normalized spacial score (nSPS) is 22.9. The first-order chi connectivity index (χ1) is 10.1. The largest absolute Gasteiger partial charge is 0.497 e. The van der Waals surface area contributed by atoms with Gasteiger partial charge in [0.1, 0.15) is 11.6 Å². The van der Waals surface area contributed by atoms with Crippen LogP contribution in [0.15, 0.2) is 18.2 Å². The summed E-state index contributed by atoms with van der Waals surface area (Å²) >= 11 is 0. The standard InChI is InChI=1S/C17H25N3O/c1-11(2)20-15-8-7-13(21-4)10-14(15)19-17(20)16-12(3)6-5-9-18-16/h7-8,10-12,16,18H,5-6,9H2,1-4H3. The van der Waals surface area contributed by atoms with Crippen molar-refractivity contribution in [1.82, 2.24) is 14.9 Å². The number of aromatic nitrogens is 2. The molecule has 2 aromatic rings. The van der Waals surface area contributed by atoms with Crippen LogP contribution in [0, 0.1) is 5.92 Å². The average molecular weight is 287 g/mol. The minimum absolute atomic E-state index is 0.347. The number of rotatable bonds is 3. The van der Waals surface area contributed by atoms with E-state index in [2.05, 4.69) is 36.7 Å². The van der Waals surface area contributed by atoms with E-state index in [9.17, 15) is 0 Å². The zero-order chi connectivity index (χ0) is 15.0. The van der Waals surface area contributed by atoms with Crippen molar-refractivity contribution in [3.05, 3.63) is 24.0 Å². The van der Waals surface area contributed by atoms with Gasteiger partial charge in [0, 0.05) is 12.1 Å². The fourth-order valence-electron chi connectivity index (χ4n) is 3.38. The van der Waals surface area contributed by atoms with Crippen LogP contribution < -0.4 is 10.1 Å². The minimum Gasteiger partial charge on any atom is -0.497 e. The number of hydrogen-bond acceptors (Lipinski definition) is 3. The lowest BCUT2D eigenvalue weighted by molar-refractivity contribution is 0.286. The van der Waals surface area contributed by atoms with Crippen molar-refractivity contribution < 1.29 is 4.74 Å². The Morgan fingerprint density at radius 3 is 2.86 bits per heavy atom. The van der Waals surface area contributed by atoms with Gasteiger partial charge in [-0.15, -0.1) is 0 Å². The highest BCUT2D eigenvalue weighted by Crippen LogP contribution is 2.33.